The molecule has 0 aliphatic rings. The fourth-order valence-electron chi connectivity index (χ4n) is 1.42. The van der Waals surface area contributed by atoms with Crippen molar-refractivity contribution in [3.05, 3.63) is 17.6 Å². The zero-order chi connectivity index (χ0) is 13.7. The predicted octanol–water partition coefficient (Wildman–Crippen LogP) is 1.99. The molecule has 0 spiro atoms. The fourth-order valence-corrected chi connectivity index (χ4v) is 1.42. The van der Waals surface area contributed by atoms with Crippen molar-refractivity contribution in [3.8, 4) is 0 Å². The van der Waals surface area contributed by atoms with Crippen LogP contribution in [0.4, 0.5) is 5.82 Å². The molecule has 5 heteroatoms. The summed E-state index contributed by atoms with van der Waals surface area (Å²) in [5.74, 6) is 1.65. The Balaban J connectivity index is 2.83. The molecule has 0 unspecified atom stereocenters. The number of anilines is 1. The van der Waals surface area contributed by atoms with Crippen molar-refractivity contribution in [2.75, 3.05) is 11.9 Å². The molecule has 0 fully saturated rings. The van der Waals surface area contributed by atoms with Crippen LogP contribution >= 0.6 is 0 Å². The minimum Gasteiger partial charge on any atom is -0.370 e. The first-order valence-electron chi connectivity index (χ1n) is 6.29. The van der Waals surface area contributed by atoms with Crippen LogP contribution in [-0.2, 0) is 0 Å². The quantitative estimate of drug-likeness (QED) is 0.838. The van der Waals surface area contributed by atoms with Gasteiger partial charge in [0.25, 0.3) is 5.91 Å². The summed E-state index contributed by atoms with van der Waals surface area (Å²) >= 11 is 0. The summed E-state index contributed by atoms with van der Waals surface area (Å²) in [5.41, 5.74) is 0.405. The van der Waals surface area contributed by atoms with Crippen LogP contribution in [0.15, 0.2) is 6.07 Å². The third kappa shape index (κ3) is 4.69. The molecule has 2 N–H and O–H groups in total. The second kappa shape index (κ2) is 6.33. The lowest BCUT2D eigenvalue weighted by atomic mass is 10.2. The zero-order valence-corrected chi connectivity index (χ0v) is 11.7. The molecule has 0 aliphatic heterocycles. The first-order valence-corrected chi connectivity index (χ1v) is 6.29. The summed E-state index contributed by atoms with van der Waals surface area (Å²) in [4.78, 5) is 20.3. The average Bonchev–Trinajstić information content (AvgIpc) is 2.24. The average molecular weight is 250 g/mol. The Morgan fingerprint density at radius 3 is 2.50 bits per heavy atom. The summed E-state index contributed by atoms with van der Waals surface area (Å²) in [6, 6.07) is 1.78. The Morgan fingerprint density at radius 1 is 1.28 bits per heavy atom. The maximum Gasteiger partial charge on any atom is 0.270 e. The molecule has 1 heterocycles. The highest BCUT2D eigenvalue weighted by Gasteiger charge is 2.11. The maximum atomic E-state index is 11.9. The van der Waals surface area contributed by atoms with Gasteiger partial charge in [0.1, 0.15) is 17.3 Å². The Hall–Kier alpha value is -1.65. The number of nitrogens with zero attached hydrogens (tertiary/aromatic N) is 2. The molecule has 0 aliphatic carbocycles. The lowest BCUT2D eigenvalue weighted by Gasteiger charge is -2.11. The highest BCUT2D eigenvalue weighted by molar-refractivity contribution is 5.93. The van der Waals surface area contributed by atoms with Crippen LogP contribution in [0.3, 0.4) is 0 Å². The largest absolute Gasteiger partial charge is 0.370 e. The van der Waals surface area contributed by atoms with E-state index in [4.69, 9.17) is 0 Å². The smallest absolute Gasteiger partial charge is 0.270 e. The van der Waals surface area contributed by atoms with E-state index < -0.39 is 0 Å². The van der Waals surface area contributed by atoms with Crippen molar-refractivity contribution in [1.82, 2.24) is 15.3 Å². The van der Waals surface area contributed by atoms with E-state index in [0.717, 1.165) is 6.54 Å². The van der Waals surface area contributed by atoms with Crippen LogP contribution in [0.25, 0.3) is 0 Å². The highest BCUT2D eigenvalue weighted by atomic mass is 16.1. The molecule has 0 aromatic carbocycles. The van der Waals surface area contributed by atoms with Gasteiger partial charge < -0.3 is 10.6 Å². The normalized spacial score (nSPS) is 10.8. The number of carbonyl (C=O) groups is 1. The number of carbonyl (C=O) groups excluding carboxylic acids is 1. The van der Waals surface area contributed by atoms with E-state index in [1.165, 1.54) is 0 Å². The molecule has 5 nitrogen and oxygen atoms in total. The van der Waals surface area contributed by atoms with Gasteiger partial charge in [-0.3, -0.25) is 4.79 Å². The highest BCUT2D eigenvalue weighted by Crippen LogP contribution is 2.08. The molecule has 0 radical (unpaired) electrons. The lowest BCUT2D eigenvalue weighted by Crippen LogP contribution is -2.31. The molecule has 1 aromatic heterocycles. The summed E-state index contributed by atoms with van der Waals surface area (Å²) in [5, 5.41) is 6.02. The Bertz CT molecular complexity index is 415. The number of aryl methyl sites for hydroxylation is 1. The molecule has 0 bridgehead atoms. The minimum atomic E-state index is -0.164. The van der Waals surface area contributed by atoms with Gasteiger partial charge in [-0.15, -0.1) is 0 Å². The number of nitrogens with one attached hydrogen (secondary N) is 2. The summed E-state index contributed by atoms with van der Waals surface area (Å²) < 4.78 is 0. The van der Waals surface area contributed by atoms with Gasteiger partial charge in [0.05, 0.1) is 0 Å². The van der Waals surface area contributed by atoms with Crippen molar-refractivity contribution in [2.45, 2.75) is 40.7 Å². The van der Waals surface area contributed by atoms with Crippen molar-refractivity contribution in [1.29, 1.82) is 0 Å². The molecule has 0 saturated carbocycles. The third-order valence-electron chi connectivity index (χ3n) is 2.18. The SMILES string of the molecule is Cc1nc(NCC(C)C)cc(C(=O)NC(C)C)n1. The van der Waals surface area contributed by atoms with Crippen LogP contribution in [0.5, 0.6) is 0 Å². The maximum absolute atomic E-state index is 11.9. The van der Waals surface area contributed by atoms with Gasteiger partial charge in [0.15, 0.2) is 0 Å². The van der Waals surface area contributed by atoms with Crippen LogP contribution in [0, 0.1) is 12.8 Å². The van der Waals surface area contributed by atoms with Crippen LogP contribution < -0.4 is 10.6 Å². The van der Waals surface area contributed by atoms with Crippen molar-refractivity contribution >= 4 is 11.7 Å². The standard InChI is InChI=1S/C13H22N4O/c1-8(2)7-14-12-6-11(16-10(5)17-12)13(18)15-9(3)4/h6,8-9H,7H2,1-5H3,(H,15,18)(H,14,16,17). The van der Waals surface area contributed by atoms with Gasteiger partial charge in [-0.05, 0) is 26.7 Å². The van der Waals surface area contributed by atoms with Crippen molar-refractivity contribution in [3.63, 3.8) is 0 Å². The molecule has 1 amide bonds. The van der Waals surface area contributed by atoms with Crippen LogP contribution in [0.1, 0.15) is 44.0 Å². The van der Waals surface area contributed by atoms with E-state index in [-0.39, 0.29) is 11.9 Å². The van der Waals surface area contributed by atoms with Crippen LogP contribution in [-0.4, -0.2) is 28.5 Å². The summed E-state index contributed by atoms with van der Waals surface area (Å²) in [6.45, 7) is 10.7. The van der Waals surface area contributed by atoms with Gasteiger partial charge in [-0.2, -0.15) is 0 Å². The molecular weight excluding hydrogens is 228 g/mol. The Labute approximate surface area is 108 Å². The van der Waals surface area contributed by atoms with Gasteiger partial charge in [0.2, 0.25) is 0 Å². The van der Waals surface area contributed by atoms with E-state index in [0.29, 0.717) is 23.3 Å². The van der Waals surface area contributed by atoms with Gasteiger partial charge in [0, 0.05) is 18.7 Å². The van der Waals surface area contributed by atoms with E-state index in [2.05, 4.69) is 34.4 Å². The number of aromatic nitrogens is 2. The summed E-state index contributed by atoms with van der Waals surface area (Å²) in [6.07, 6.45) is 0. The second-order valence-corrected chi connectivity index (χ2v) is 5.09. The first kappa shape index (κ1) is 14.4. The molecule has 0 atom stereocenters. The van der Waals surface area contributed by atoms with E-state index in [1.807, 2.05) is 13.8 Å². The molecule has 0 saturated heterocycles. The topological polar surface area (TPSA) is 66.9 Å². The Morgan fingerprint density at radius 2 is 1.94 bits per heavy atom. The Kier molecular flexibility index (Phi) is 5.07. The first-order chi connectivity index (χ1) is 8.38. The number of hydrogen-bond acceptors (Lipinski definition) is 4. The lowest BCUT2D eigenvalue weighted by molar-refractivity contribution is 0.0937. The number of hydrogen-bond donors (Lipinski definition) is 2. The zero-order valence-electron chi connectivity index (χ0n) is 11.7. The molecular formula is C13H22N4O. The van der Waals surface area contributed by atoms with Crippen molar-refractivity contribution < 1.29 is 4.79 Å². The van der Waals surface area contributed by atoms with Crippen LogP contribution in [0.2, 0.25) is 0 Å². The molecule has 1 rings (SSSR count). The molecule has 100 valence electrons. The van der Waals surface area contributed by atoms with Gasteiger partial charge in [-0.25, -0.2) is 9.97 Å². The van der Waals surface area contributed by atoms with E-state index in [1.54, 1.807) is 13.0 Å². The third-order valence-corrected chi connectivity index (χ3v) is 2.18. The monoisotopic (exact) mass is 250 g/mol. The van der Waals surface area contributed by atoms with Gasteiger partial charge in [-0.1, -0.05) is 13.8 Å². The second-order valence-electron chi connectivity index (χ2n) is 5.09. The minimum absolute atomic E-state index is 0.0971. The number of amides is 1. The van der Waals surface area contributed by atoms with E-state index in [9.17, 15) is 4.79 Å². The summed E-state index contributed by atoms with van der Waals surface area (Å²) in [7, 11) is 0. The predicted molar refractivity (Wildman–Crippen MR) is 72.7 cm³/mol. The molecule has 18 heavy (non-hydrogen) atoms. The van der Waals surface area contributed by atoms with Crippen molar-refractivity contribution in [2.24, 2.45) is 5.92 Å². The van der Waals surface area contributed by atoms with Gasteiger partial charge >= 0.3 is 0 Å². The van der Waals surface area contributed by atoms with E-state index >= 15 is 0 Å². The fraction of sp³-hybridized carbons (Fsp3) is 0.615. The molecule has 1 aromatic rings. The number of rotatable bonds is 5.